The van der Waals surface area contributed by atoms with E-state index in [1.807, 2.05) is 0 Å². The summed E-state index contributed by atoms with van der Waals surface area (Å²) in [5, 5.41) is 0. The van der Waals surface area contributed by atoms with Gasteiger partial charge in [0.25, 0.3) is 0 Å². The summed E-state index contributed by atoms with van der Waals surface area (Å²) >= 11 is 0. The van der Waals surface area contributed by atoms with Crippen LogP contribution in [0.2, 0.25) is 0 Å². The molecule has 0 saturated carbocycles. The van der Waals surface area contributed by atoms with Gasteiger partial charge in [0.2, 0.25) is 0 Å². The summed E-state index contributed by atoms with van der Waals surface area (Å²) in [7, 11) is 0. The maximum atomic E-state index is 10.9. The van der Waals surface area contributed by atoms with Gasteiger partial charge >= 0.3 is 5.97 Å². The molecule has 0 radical (unpaired) electrons. The minimum Gasteiger partial charge on any atom is -0.427 e. The smallest absolute Gasteiger partial charge is 0.308 e. The molecule has 15 heavy (non-hydrogen) atoms. The molecule has 0 atom stereocenters. The zero-order valence-corrected chi connectivity index (χ0v) is 10.1. The molecule has 0 heterocycles. The van der Waals surface area contributed by atoms with E-state index in [0.717, 1.165) is 18.4 Å². The zero-order valence-electron chi connectivity index (χ0n) is 10.1. The van der Waals surface area contributed by atoms with Crippen LogP contribution in [0.3, 0.4) is 0 Å². The number of ether oxygens (including phenoxy) is 1. The Labute approximate surface area is 92.0 Å². The molecule has 0 fully saturated rings. The summed E-state index contributed by atoms with van der Waals surface area (Å²) in [6, 6.07) is 0. The number of allylic oxidation sites excluding steroid dienone is 2. The van der Waals surface area contributed by atoms with Gasteiger partial charge < -0.3 is 4.74 Å². The van der Waals surface area contributed by atoms with Crippen molar-refractivity contribution < 1.29 is 9.53 Å². The fourth-order valence-electron chi connectivity index (χ4n) is 2.46. The summed E-state index contributed by atoms with van der Waals surface area (Å²) in [6.07, 6.45) is 3.41. The van der Waals surface area contributed by atoms with Gasteiger partial charge in [0, 0.05) is 6.92 Å². The molecule has 1 aliphatic rings. The van der Waals surface area contributed by atoms with Crippen molar-refractivity contribution in [2.45, 2.75) is 47.0 Å². The first-order valence-electron chi connectivity index (χ1n) is 5.42. The monoisotopic (exact) mass is 208 g/mol. The van der Waals surface area contributed by atoms with Crippen molar-refractivity contribution in [1.29, 1.82) is 0 Å². The number of carbonyl (C=O) groups excluding carboxylic acids is 1. The Morgan fingerprint density at radius 2 is 2.07 bits per heavy atom. The lowest BCUT2D eigenvalue weighted by atomic mass is 9.72. The standard InChI is InChI=1S/C13H20O2/c1-9-7-6-8-13(4,5)12(9)10(2)15-11(3)14/h2,6-8H2,1,3-5H3. The van der Waals surface area contributed by atoms with Crippen molar-refractivity contribution in [3.05, 3.63) is 23.5 Å². The molecule has 0 aromatic rings. The van der Waals surface area contributed by atoms with E-state index in [2.05, 4.69) is 27.4 Å². The molecule has 2 heteroatoms. The van der Waals surface area contributed by atoms with Gasteiger partial charge in [0.15, 0.2) is 0 Å². The number of hydrogen-bond acceptors (Lipinski definition) is 2. The highest BCUT2D eigenvalue weighted by molar-refractivity contribution is 5.68. The average Bonchev–Trinajstić information content (AvgIpc) is 1.99. The van der Waals surface area contributed by atoms with Gasteiger partial charge in [-0.05, 0) is 37.2 Å². The molecular weight excluding hydrogens is 188 g/mol. The number of carbonyl (C=O) groups is 1. The highest BCUT2D eigenvalue weighted by Gasteiger charge is 2.31. The molecule has 1 rings (SSSR count). The van der Waals surface area contributed by atoms with Gasteiger partial charge in [0.1, 0.15) is 5.76 Å². The Morgan fingerprint density at radius 1 is 1.47 bits per heavy atom. The van der Waals surface area contributed by atoms with Gasteiger partial charge in [-0.15, -0.1) is 0 Å². The lowest BCUT2D eigenvalue weighted by molar-refractivity contribution is -0.136. The van der Waals surface area contributed by atoms with Gasteiger partial charge in [0.05, 0.1) is 0 Å². The molecule has 0 aromatic carbocycles. The normalized spacial score (nSPS) is 20.0. The highest BCUT2D eigenvalue weighted by Crippen LogP contribution is 2.43. The van der Waals surface area contributed by atoms with Crippen LogP contribution >= 0.6 is 0 Å². The second kappa shape index (κ2) is 4.21. The lowest BCUT2D eigenvalue weighted by Crippen LogP contribution is -2.23. The van der Waals surface area contributed by atoms with Crippen LogP contribution in [0.25, 0.3) is 0 Å². The van der Waals surface area contributed by atoms with Crippen molar-refractivity contribution in [3.63, 3.8) is 0 Å². The molecule has 2 nitrogen and oxygen atoms in total. The highest BCUT2D eigenvalue weighted by atomic mass is 16.5. The lowest BCUT2D eigenvalue weighted by Gasteiger charge is -2.34. The SMILES string of the molecule is C=C(OC(C)=O)C1=C(C)CCCC1(C)C. The van der Waals surface area contributed by atoms with Crippen LogP contribution in [0.5, 0.6) is 0 Å². The van der Waals surface area contributed by atoms with E-state index in [1.165, 1.54) is 18.9 Å². The Hall–Kier alpha value is -1.05. The third-order valence-corrected chi connectivity index (χ3v) is 3.00. The second-order valence-corrected chi connectivity index (χ2v) is 4.91. The van der Waals surface area contributed by atoms with E-state index in [1.54, 1.807) is 0 Å². The minimum atomic E-state index is -0.290. The van der Waals surface area contributed by atoms with Crippen molar-refractivity contribution >= 4 is 5.97 Å². The van der Waals surface area contributed by atoms with Crippen LogP contribution in [0.4, 0.5) is 0 Å². The molecule has 0 aliphatic heterocycles. The third-order valence-electron chi connectivity index (χ3n) is 3.00. The summed E-state index contributed by atoms with van der Waals surface area (Å²) in [6.45, 7) is 11.7. The first-order valence-corrected chi connectivity index (χ1v) is 5.42. The van der Waals surface area contributed by atoms with Crippen LogP contribution in [-0.4, -0.2) is 5.97 Å². The van der Waals surface area contributed by atoms with Crippen molar-refractivity contribution in [2.24, 2.45) is 5.41 Å². The molecule has 0 unspecified atom stereocenters. The van der Waals surface area contributed by atoms with E-state index in [9.17, 15) is 4.79 Å². The molecular formula is C13H20O2. The topological polar surface area (TPSA) is 26.3 Å². The molecule has 84 valence electrons. The molecule has 0 N–H and O–H groups in total. The summed E-state index contributed by atoms with van der Waals surface area (Å²) in [5.41, 5.74) is 2.51. The maximum absolute atomic E-state index is 10.9. The second-order valence-electron chi connectivity index (χ2n) is 4.91. The van der Waals surface area contributed by atoms with Crippen molar-refractivity contribution in [1.82, 2.24) is 0 Å². The zero-order chi connectivity index (χ0) is 11.6. The summed E-state index contributed by atoms with van der Waals surface area (Å²) < 4.78 is 5.10. The number of rotatable bonds is 2. The minimum absolute atomic E-state index is 0.0782. The van der Waals surface area contributed by atoms with Gasteiger partial charge in [-0.25, -0.2) is 0 Å². The third kappa shape index (κ3) is 2.71. The van der Waals surface area contributed by atoms with E-state index in [-0.39, 0.29) is 11.4 Å². The molecule has 0 aromatic heterocycles. The Bertz CT molecular complexity index is 321. The van der Waals surface area contributed by atoms with E-state index < -0.39 is 0 Å². The fraction of sp³-hybridized carbons (Fsp3) is 0.615. The molecule has 0 saturated heterocycles. The van der Waals surface area contributed by atoms with Crippen LogP contribution < -0.4 is 0 Å². The van der Waals surface area contributed by atoms with Gasteiger partial charge in [-0.1, -0.05) is 26.0 Å². The van der Waals surface area contributed by atoms with E-state index in [4.69, 9.17) is 4.74 Å². The number of hydrogen-bond donors (Lipinski definition) is 0. The Balaban J connectivity index is 2.98. The summed E-state index contributed by atoms with van der Waals surface area (Å²) in [5.74, 6) is 0.242. The van der Waals surface area contributed by atoms with Crippen LogP contribution in [0.15, 0.2) is 23.5 Å². The van der Waals surface area contributed by atoms with Gasteiger partial charge in [-0.3, -0.25) is 4.79 Å². The summed E-state index contributed by atoms with van der Waals surface area (Å²) in [4.78, 5) is 10.9. The maximum Gasteiger partial charge on any atom is 0.308 e. The van der Waals surface area contributed by atoms with Crippen molar-refractivity contribution in [3.8, 4) is 0 Å². The van der Waals surface area contributed by atoms with Crippen LogP contribution in [0.1, 0.15) is 47.0 Å². The van der Waals surface area contributed by atoms with Crippen LogP contribution in [0, 0.1) is 5.41 Å². The predicted octanol–water partition coefficient (Wildman–Crippen LogP) is 3.59. The largest absolute Gasteiger partial charge is 0.427 e. The first kappa shape index (κ1) is 12.0. The van der Waals surface area contributed by atoms with E-state index in [0.29, 0.717) is 5.76 Å². The quantitative estimate of drug-likeness (QED) is 0.512. The average molecular weight is 208 g/mol. The molecule has 0 bridgehead atoms. The molecule has 0 amide bonds. The van der Waals surface area contributed by atoms with Crippen LogP contribution in [-0.2, 0) is 9.53 Å². The first-order chi connectivity index (χ1) is 6.84. The number of esters is 1. The van der Waals surface area contributed by atoms with Gasteiger partial charge in [-0.2, -0.15) is 0 Å². The van der Waals surface area contributed by atoms with E-state index >= 15 is 0 Å². The Morgan fingerprint density at radius 3 is 2.53 bits per heavy atom. The molecule has 0 spiro atoms. The fourth-order valence-corrected chi connectivity index (χ4v) is 2.46. The Kier molecular flexibility index (Phi) is 3.38. The van der Waals surface area contributed by atoms with Crippen molar-refractivity contribution in [2.75, 3.05) is 0 Å². The molecule has 1 aliphatic carbocycles. The predicted molar refractivity (Wildman–Crippen MR) is 61.2 cm³/mol.